The first-order valence-electron chi connectivity index (χ1n) is 12.9. The summed E-state index contributed by atoms with van der Waals surface area (Å²) in [7, 11) is 0. The molecular weight excluding hydrogens is 554 g/mol. The van der Waals surface area contributed by atoms with Gasteiger partial charge in [-0.2, -0.15) is 5.26 Å². The van der Waals surface area contributed by atoms with Crippen LogP contribution in [0.4, 0.5) is 9.93 Å². The third-order valence-corrected chi connectivity index (χ3v) is 7.30. The number of anilines is 1. The number of carbonyl (C=O) groups is 3. The molecule has 11 heteroatoms. The maximum atomic E-state index is 12.7. The summed E-state index contributed by atoms with van der Waals surface area (Å²) in [5.74, 6) is -0.875. The molecule has 0 spiro atoms. The van der Waals surface area contributed by atoms with Crippen LogP contribution in [0.2, 0.25) is 0 Å². The minimum atomic E-state index is -1.12. The number of thiazole rings is 1. The molecule has 1 heterocycles. The van der Waals surface area contributed by atoms with Gasteiger partial charge in [0.25, 0.3) is 5.91 Å². The molecule has 0 aliphatic heterocycles. The zero-order valence-corrected chi connectivity index (χ0v) is 23.8. The maximum Gasteiger partial charge on any atom is 0.404 e. The van der Waals surface area contributed by atoms with Crippen LogP contribution in [0.5, 0.6) is 0 Å². The van der Waals surface area contributed by atoms with Gasteiger partial charge in [-0.3, -0.25) is 9.59 Å². The number of nitrogens with zero attached hydrogens (tertiary/aromatic N) is 2. The molecule has 5 N–H and O–H groups in total. The minimum absolute atomic E-state index is 0.172. The number of carboxylic acid groups (broad SMARTS) is 1. The lowest BCUT2D eigenvalue weighted by molar-refractivity contribution is -0.115. The van der Waals surface area contributed by atoms with Gasteiger partial charge in [0, 0.05) is 28.5 Å². The number of hydrogen-bond acceptors (Lipinski definition) is 7. The normalized spacial score (nSPS) is 10.9. The van der Waals surface area contributed by atoms with Gasteiger partial charge in [0.1, 0.15) is 0 Å². The summed E-state index contributed by atoms with van der Waals surface area (Å²) in [6.45, 7) is 3.47. The van der Waals surface area contributed by atoms with E-state index in [4.69, 9.17) is 5.11 Å². The average Bonchev–Trinajstić information content (AvgIpc) is 3.47. The van der Waals surface area contributed by atoms with E-state index in [1.165, 1.54) is 11.3 Å². The van der Waals surface area contributed by atoms with Gasteiger partial charge < -0.3 is 26.2 Å². The molecule has 10 nitrogen and oxygen atoms in total. The van der Waals surface area contributed by atoms with E-state index < -0.39 is 23.3 Å². The molecule has 0 unspecified atom stereocenters. The fraction of sp³-hybridized carbons (Fsp3) is 0.194. The Morgan fingerprint density at radius 1 is 0.976 bits per heavy atom. The highest BCUT2D eigenvalue weighted by atomic mass is 32.1. The van der Waals surface area contributed by atoms with Crippen LogP contribution in [0.1, 0.15) is 40.9 Å². The van der Waals surface area contributed by atoms with E-state index in [9.17, 15) is 24.8 Å². The molecule has 0 atom stereocenters. The third kappa shape index (κ3) is 7.57. The van der Waals surface area contributed by atoms with Crippen LogP contribution < -0.4 is 16.0 Å². The van der Waals surface area contributed by atoms with E-state index in [0.717, 1.165) is 22.3 Å². The van der Waals surface area contributed by atoms with Crippen LogP contribution in [0.25, 0.3) is 22.4 Å². The molecule has 0 aliphatic rings. The van der Waals surface area contributed by atoms with Crippen molar-refractivity contribution < 1.29 is 24.6 Å². The number of aromatic nitrogens is 1. The predicted molar refractivity (Wildman–Crippen MR) is 160 cm³/mol. The van der Waals surface area contributed by atoms with E-state index in [0.29, 0.717) is 27.5 Å². The lowest BCUT2D eigenvalue weighted by Gasteiger charge is -2.25. The summed E-state index contributed by atoms with van der Waals surface area (Å²) in [6.07, 6.45) is -1.12. The van der Waals surface area contributed by atoms with Crippen LogP contribution in [0, 0.1) is 11.3 Å². The zero-order chi connectivity index (χ0) is 30.3. The van der Waals surface area contributed by atoms with Gasteiger partial charge in [-0.05, 0) is 58.7 Å². The molecule has 4 rings (SSSR count). The fourth-order valence-electron chi connectivity index (χ4n) is 4.24. The monoisotopic (exact) mass is 583 g/mol. The van der Waals surface area contributed by atoms with Crippen molar-refractivity contribution >= 4 is 34.4 Å². The van der Waals surface area contributed by atoms with Gasteiger partial charge in [-0.25, -0.2) is 9.78 Å². The molecule has 42 heavy (non-hydrogen) atoms. The highest BCUT2D eigenvalue weighted by molar-refractivity contribution is 7.14. The lowest BCUT2D eigenvalue weighted by atomic mass is 9.84. The van der Waals surface area contributed by atoms with Crippen molar-refractivity contribution in [3.8, 4) is 28.5 Å². The first-order chi connectivity index (χ1) is 20.1. The number of carbonyl (C=O) groups excluding carboxylic acids is 2. The third-order valence-electron chi connectivity index (χ3n) is 6.54. The Bertz CT molecular complexity index is 1670. The van der Waals surface area contributed by atoms with Crippen molar-refractivity contribution in [2.24, 2.45) is 0 Å². The van der Waals surface area contributed by atoms with E-state index >= 15 is 0 Å². The van der Waals surface area contributed by atoms with Crippen LogP contribution >= 0.6 is 11.3 Å². The molecule has 0 fully saturated rings. The number of hydrogen-bond donors (Lipinski definition) is 5. The Labute approximate surface area is 246 Å². The maximum absolute atomic E-state index is 12.7. The standard InChI is InChI=1S/C31H29N5O5S/c1-31(2,18-34-30(40)41)25-8-4-7-23(13-25)28(39)33-15-27(38)36-29-35-26(17-42-29)22-6-3-5-21(12-22)24-10-19(14-32)9-20(11-24)16-37/h3-13,17,34,37H,15-16,18H2,1-2H3,(H,33,39)(H,40,41)(H,35,36,38). The Morgan fingerprint density at radius 2 is 1.74 bits per heavy atom. The molecule has 0 bridgehead atoms. The molecule has 3 aromatic carbocycles. The number of aliphatic hydroxyl groups excluding tert-OH is 1. The number of amides is 3. The first kappa shape index (κ1) is 29.9. The molecule has 214 valence electrons. The van der Waals surface area contributed by atoms with Gasteiger partial charge in [0.05, 0.1) is 30.5 Å². The van der Waals surface area contributed by atoms with Gasteiger partial charge >= 0.3 is 6.09 Å². The van der Waals surface area contributed by atoms with Crippen molar-refractivity contribution in [3.05, 3.63) is 94.4 Å². The Balaban J connectivity index is 1.38. The molecule has 3 amide bonds. The van der Waals surface area contributed by atoms with Gasteiger partial charge in [-0.1, -0.05) is 44.2 Å². The van der Waals surface area contributed by atoms with E-state index in [2.05, 4.69) is 27.0 Å². The van der Waals surface area contributed by atoms with E-state index in [1.54, 1.807) is 30.3 Å². The zero-order valence-electron chi connectivity index (χ0n) is 23.0. The number of nitriles is 1. The van der Waals surface area contributed by atoms with Gasteiger partial charge in [0.15, 0.2) is 5.13 Å². The smallest absolute Gasteiger partial charge is 0.404 e. The van der Waals surface area contributed by atoms with Gasteiger partial charge in [-0.15, -0.1) is 11.3 Å². The minimum Gasteiger partial charge on any atom is -0.465 e. The van der Waals surface area contributed by atoms with Crippen molar-refractivity contribution in [2.75, 3.05) is 18.4 Å². The van der Waals surface area contributed by atoms with Crippen molar-refractivity contribution in [1.29, 1.82) is 5.26 Å². The molecule has 0 saturated carbocycles. The summed E-state index contributed by atoms with van der Waals surface area (Å²) < 4.78 is 0. The summed E-state index contributed by atoms with van der Waals surface area (Å²) >= 11 is 1.25. The highest BCUT2D eigenvalue weighted by Gasteiger charge is 2.22. The van der Waals surface area contributed by atoms with Crippen molar-refractivity contribution in [3.63, 3.8) is 0 Å². The van der Waals surface area contributed by atoms with Crippen LogP contribution in [0.15, 0.2) is 72.1 Å². The molecule has 4 aromatic rings. The summed E-state index contributed by atoms with van der Waals surface area (Å²) in [5, 5.41) is 37.6. The molecular formula is C31H29N5O5S. The molecule has 0 aliphatic carbocycles. The Kier molecular flexibility index (Phi) is 9.32. The van der Waals surface area contributed by atoms with Crippen molar-refractivity contribution in [2.45, 2.75) is 25.9 Å². The molecule has 0 radical (unpaired) electrons. The van der Waals surface area contributed by atoms with Crippen molar-refractivity contribution in [1.82, 2.24) is 15.6 Å². The summed E-state index contributed by atoms with van der Waals surface area (Å²) in [6, 6.07) is 21.8. The largest absolute Gasteiger partial charge is 0.465 e. The van der Waals surface area contributed by atoms with Gasteiger partial charge in [0.2, 0.25) is 5.91 Å². The number of benzene rings is 3. The quantitative estimate of drug-likeness (QED) is 0.180. The summed E-state index contributed by atoms with van der Waals surface area (Å²) in [5.41, 5.74) is 4.80. The highest BCUT2D eigenvalue weighted by Crippen LogP contribution is 2.30. The second kappa shape index (κ2) is 13.1. The fourth-order valence-corrected chi connectivity index (χ4v) is 4.98. The second-order valence-electron chi connectivity index (χ2n) is 10.2. The summed E-state index contributed by atoms with van der Waals surface area (Å²) in [4.78, 5) is 40.7. The Morgan fingerprint density at radius 3 is 2.48 bits per heavy atom. The SMILES string of the molecule is CC(C)(CNC(=O)O)c1cccc(C(=O)NCC(=O)Nc2nc(-c3cccc(-c4cc(C#N)cc(CO)c4)c3)cs2)c1. The lowest BCUT2D eigenvalue weighted by Crippen LogP contribution is -2.36. The van der Waals surface area contributed by atoms with E-state index in [1.807, 2.05) is 55.6 Å². The first-order valence-corrected chi connectivity index (χ1v) is 13.8. The average molecular weight is 584 g/mol. The molecule has 1 aromatic heterocycles. The number of nitrogens with one attached hydrogen (secondary N) is 3. The van der Waals surface area contributed by atoms with Crippen LogP contribution in [-0.4, -0.2) is 46.2 Å². The number of aliphatic hydroxyl groups is 1. The van der Waals surface area contributed by atoms with Crippen LogP contribution in [-0.2, 0) is 16.8 Å². The number of rotatable bonds is 10. The van der Waals surface area contributed by atoms with E-state index in [-0.39, 0.29) is 19.7 Å². The topological polar surface area (TPSA) is 164 Å². The predicted octanol–water partition coefficient (Wildman–Crippen LogP) is 4.75. The van der Waals surface area contributed by atoms with Crippen LogP contribution in [0.3, 0.4) is 0 Å². The second-order valence-corrected chi connectivity index (χ2v) is 11.0. The molecule has 0 saturated heterocycles. The Hall–Kier alpha value is -5.05.